The zero-order valence-corrected chi connectivity index (χ0v) is 14.2. The Morgan fingerprint density at radius 3 is 2.33 bits per heavy atom. The van der Waals surface area contributed by atoms with Crippen LogP contribution in [-0.4, -0.2) is 10.8 Å². The number of nitrogens with one attached hydrogen (secondary N) is 1. The van der Waals surface area contributed by atoms with E-state index in [0.29, 0.717) is 5.56 Å². The summed E-state index contributed by atoms with van der Waals surface area (Å²) in [5, 5.41) is 14.2. The summed E-state index contributed by atoms with van der Waals surface area (Å²) >= 11 is 0. The van der Waals surface area contributed by atoms with Crippen molar-refractivity contribution in [1.82, 2.24) is 5.32 Å². The molecule has 27 heavy (non-hydrogen) atoms. The molecule has 1 N–H and O–H groups in total. The number of carbonyl (C=O) groups excluding carboxylic acids is 1. The molecule has 1 spiro atoms. The lowest BCUT2D eigenvalue weighted by Crippen LogP contribution is -2.37. The van der Waals surface area contributed by atoms with E-state index in [9.17, 15) is 14.9 Å². The lowest BCUT2D eigenvalue weighted by atomic mass is 9.85. The van der Waals surface area contributed by atoms with E-state index in [1.807, 2.05) is 54.6 Å². The molecule has 130 valence electrons. The van der Waals surface area contributed by atoms with Gasteiger partial charge in [-0.2, -0.15) is 0 Å². The van der Waals surface area contributed by atoms with Gasteiger partial charge in [0.1, 0.15) is 5.54 Å². The summed E-state index contributed by atoms with van der Waals surface area (Å²) in [4.78, 5) is 23.3. The molecule has 0 radical (unpaired) electrons. The summed E-state index contributed by atoms with van der Waals surface area (Å²) < 4.78 is 0. The molecule has 5 rings (SSSR count). The Hall–Kier alpha value is -3.73. The maximum atomic E-state index is 12.7. The minimum absolute atomic E-state index is 0.0838. The summed E-state index contributed by atoms with van der Waals surface area (Å²) in [6.45, 7) is 0. The summed E-state index contributed by atoms with van der Waals surface area (Å²) in [6.07, 6.45) is 2.06. The number of fused-ring (bicyclic) bond motifs is 4. The van der Waals surface area contributed by atoms with E-state index in [1.54, 1.807) is 6.07 Å². The zero-order chi connectivity index (χ0) is 18.6. The molecule has 1 aliphatic heterocycles. The third kappa shape index (κ3) is 2.08. The van der Waals surface area contributed by atoms with Crippen LogP contribution in [0.25, 0.3) is 5.57 Å². The monoisotopic (exact) mass is 354 g/mol. The number of hydrogen-bond acceptors (Lipinski definition) is 3. The quantitative estimate of drug-likeness (QED) is 0.558. The SMILES string of the molecule is O=C1NC2(C=C(c3ccccc3)c3ccccc32)c2ccc([N+](=O)[O-])cc21. The van der Waals surface area contributed by atoms with Crippen LogP contribution in [0, 0.1) is 10.1 Å². The van der Waals surface area contributed by atoms with Crippen molar-refractivity contribution in [3.63, 3.8) is 0 Å². The number of nitro benzene ring substituents is 1. The second kappa shape index (κ2) is 5.38. The van der Waals surface area contributed by atoms with Crippen molar-refractivity contribution < 1.29 is 9.72 Å². The van der Waals surface area contributed by atoms with E-state index in [0.717, 1.165) is 27.8 Å². The zero-order valence-electron chi connectivity index (χ0n) is 14.2. The Labute approximate surface area is 155 Å². The number of nitro groups is 1. The lowest BCUT2D eigenvalue weighted by molar-refractivity contribution is -0.384. The van der Waals surface area contributed by atoms with Crippen molar-refractivity contribution in [1.29, 1.82) is 0 Å². The van der Waals surface area contributed by atoms with Crippen LogP contribution < -0.4 is 5.32 Å². The molecule has 1 aliphatic carbocycles. The molecule has 3 aromatic carbocycles. The first-order valence-corrected chi connectivity index (χ1v) is 8.60. The highest BCUT2D eigenvalue weighted by Crippen LogP contribution is 2.49. The number of benzene rings is 3. The molecule has 1 heterocycles. The van der Waals surface area contributed by atoms with E-state index >= 15 is 0 Å². The molecule has 1 amide bonds. The molecule has 0 saturated carbocycles. The standard InChI is InChI=1S/C22H14N2O3/c25-21-17-12-15(24(26)27)10-11-20(17)22(23-21)13-18(14-6-2-1-3-7-14)16-8-4-5-9-19(16)22/h1-13H,(H,23,25). The maximum absolute atomic E-state index is 12.7. The number of hydrogen-bond donors (Lipinski definition) is 1. The Kier molecular flexibility index (Phi) is 3.09. The van der Waals surface area contributed by atoms with Crippen LogP contribution in [0.2, 0.25) is 0 Å². The van der Waals surface area contributed by atoms with Crippen molar-refractivity contribution in [2.45, 2.75) is 5.54 Å². The molecule has 1 unspecified atom stereocenters. The first-order valence-electron chi connectivity index (χ1n) is 8.60. The minimum Gasteiger partial charge on any atom is -0.335 e. The van der Waals surface area contributed by atoms with Gasteiger partial charge in [-0.25, -0.2) is 0 Å². The molecular formula is C22H14N2O3. The van der Waals surface area contributed by atoms with Crippen molar-refractivity contribution in [3.8, 4) is 0 Å². The summed E-state index contributed by atoms with van der Waals surface area (Å²) in [5.41, 5.74) is 4.34. The third-order valence-corrected chi connectivity index (χ3v) is 5.28. The van der Waals surface area contributed by atoms with Gasteiger partial charge in [0, 0.05) is 12.1 Å². The molecular weight excluding hydrogens is 340 g/mol. The van der Waals surface area contributed by atoms with Gasteiger partial charge < -0.3 is 5.32 Å². The predicted octanol–water partition coefficient (Wildman–Crippen LogP) is 4.03. The Bertz CT molecular complexity index is 1150. The number of amides is 1. The van der Waals surface area contributed by atoms with Gasteiger partial charge in [0.2, 0.25) is 0 Å². The van der Waals surface area contributed by atoms with Crippen molar-refractivity contribution >= 4 is 17.2 Å². The van der Waals surface area contributed by atoms with Gasteiger partial charge >= 0.3 is 0 Å². The normalized spacial score (nSPS) is 19.4. The van der Waals surface area contributed by atoms with Crippen LogP contribution in [0.5, 0.6) is 0 Å². The molecule has 0 bridgehead atoms. The van der Waals surface area contributed by atoms with Gasteiger partial charge in [-0.3, -0.25) is 14.9 Å². The highest BCUT2D eigenvalue weighted by atomic mass is 16.6. The molecule has 5 nitrogen and oxygen atoms in total. The van der Waals surface area contributed by atoms with E-state index in [-0.39, 0.29) is 11.6 Å². The maximum Gasteiger partial charge on any atom is 0.270 e. The van der Waals surface area contributed by atoms with E-state index in [1.165, 1.54) is 12.1 Å². The smallest absolute Gasteiger partial charge is 0.270 e. The van der Waals surface area contributed by atoms with Crippen molar-refractivity contribution in [2.24, 2.45) is 0 Å². The highest BCUT2D eigenvalue weighted by molar-refractivity contribution is 6.04. The average Bonchev–Trinajstić information content (AvgIpc) is 3.18. The topological polar surface area (TPSA) is 72.2 Å². The van der Waals surface area contributed by atoms with E-state index < -0.39 is 10.5 Å². The van der Waals surface area contributed by atoms with Crippen LogP contribution >= 0.6 is 0 Å². The second-order valence-corrected chi connectivity index (χ2v) is 6.72. The summed E-state index contributed by atoms with van der Waals surface area (Å²) in [7, 11) is 0. The van der Waals surface area contributed by atoms with Crippen molar-refractivity contribution in [3.05, 3.63) is 117 Å². The Balaban J connectivity index is 1.78. The predicted molar refractivity (Wildman–Crippen MR) is 101 cm³/mol. The largest absolute Gasteiger partial charge is 0.335 e. The van der Waals surface area contributed by atoms with Crippen LogP contribution in [-0.2, 0) is 5.54 Å². The number of non-ortho nitro benzene ring substituents is 1. The number of rotatable bonds is 2. The highest BCUT2D eigenvalue weighted by Gasteiger charge is 2.48. The number of nitrogens with zero attached hydrogens (tertiary/aromatic N) is 1. The minimum atomic E-state index is -0.802. The van der Waals surface area contributed by atoms with E-state index in [2.05, 4.69) is 11.4 Å². The van der Waals surface area contributed by atoms with E-state index in [4.69, 9.17) is 0 Å². The van der Waals surface area contributed by atoms with Gasteiger partial charge in [-0.15, -0.1) is 0 Å². The van der Waals surface area contributed by atoms with Crippen LogP contribution in [0.15, 0.2) is 78.9 Å². The number of carbonyl (C=O) groups is 1. The van der Waals surface area contributed by atoms with Gasteiger partial charge in [-0.05, 0) is 40.0 Å². The van der Waals surface area contributed by atoms with Crippen LogP contribution in [0.4, 0.5) is 5.69 Å². The first-order chi connectivity index (χ1) is 13.1. The molecule has 3 aromatic rings. The molecule has 1 atom stereocenters. The van der Waals surface area contributed by atoms with Gasteiger partial charge in [-0.1, -0.05) is 54.6 Å². The Morgan fingerprint density at radius 2 is 1.56 bits per heavy atom. The second-order valence-electron chi connectivity index (χ2n) is 6.72. The molecule has 0 saturated heterocycles. The first kappa shape index (κ1) is 15.5. The molecule has 2 aliphatic rings. The molecule has 5 heteroatoms. The fraction of sp³-hybridized carbons (Fsp3) is 0.0455. The molecule has 0 fully saturated rings. The van der Waals surface area contributed by atoms with Crippen LogP contribution in [0.3, 0.4) is 0 Å². The third-order valence-electron chi connectivity index (χ3n) is 5.28. The Morgan fingerprint density at radius 1 is 0.852 bits per heavy atom. The van der Waals surface area contributed by atoms with Gasteiger partial charge in [0.15, 0.2) is 0 Å². The fourth-order valence-corrected chi connectivity index (χ4v) is 4.11. The lowest BCUT2D eigenvalue weighted by Gasteiger charge is -2.24. The fourth-order valence-electron chi connectivity index (χ4n) is 4.11. The van der Waals surface area contributed by atoms with Crippen molar-refractivity contribution in [2.75, 3.05) is 0 Å². The summed E-state index contributed by atoms with van der Waals surface area (Å²) in [6, 6.07) is 22.5. The summed E-state index contributed by atoms with van der Waals surface area (Å²) in [5.74, 6) is -0.297. The average molecular weight is 354 g/mol. The van der Waals surface area contributed by atoms with Crippen LogP contribution in [0.1, 0.15) is 32.6 Å². The van der Waals surface area contributed by atoms with Gasteiger partial charge in [0.25, 0.3) is 11.6 Å². The molecule has 0 aromatic heterocycles. The van der Waals surface area contributed by atoms with Gasteiger partial charge in [0.05, 0.1) is 10.5 Å².